The highest BCUT2D eigenvalue weighted by Crippen LogP contribution is 2.17. The molecule has 0 aliphatic heterocycles. The summed E-state index contributed by atoms with van der Waals surface area (Å²) in [6.45, 7) is 4.32. The van der Waals surface area contributed by atoms with Gasteiger partial charge in [-0.15, -0.1) is 0 Å². The third-order valence-electron chi connectivity index (χ3n) is 14.7. The minimum atomic E-state index is -0.873. The minimum Gasteiger partial charge on any atom is -0.394 e. The number of allylic oxidation sites excluding steroid dienone is 9. The Hall–Kier alpha value is -1.91. The number of hydrogen-bond donors (Lipinski definition) is 3. The topological polar surface area (TPSA) is 69.6 Å². The van der Waals surface area contributed by atoms with Crippen LogP contribution in [0.25, 0.3) is 0 Å². The fourth-order valence-corrected chi connectivity index (χ4v) is 9.83. The van der Waals surface area contributed by atoms with Crippen LogP contribution in [0.2, 0.25) is 0 Å². The van der Waals surface area contributed by atoms with E-state index >= 15 is 0 Å². The quantitative estimate of drug-likeness (QED) is 0.0420. The zero-order valence-corrected chi connectivity index (χ0v) is 48.0. The summed E-state index contributed by atoms with van der Waals surface area (Å²) in [5.41, 5.74) is 0. The van der Waals surface area contributed by atoms with Gasteiger partial charge in [0.05, 0.1) is 18.8 Å². The first-order valence-corrected chi connectivity index (χ1v) is 32.0. The number of nitrogens with one attached hydrogen (secondary N) is 1. The molecule has 4 heteroatoms. The van der Waals surface area contributed by atoms with E-state index in [1.807, 2.05) is 6.08 Å². The standard InChI is InChI=1S/C67H125NO3/c1-3-5-7-9-11-13-15-17-19-21-23-25-27-29-31-33-34-35-37-39-41-43-45-47-49-51-53-55-57-59-61-63-67(71)68-65(64-69)66(70)62-60-58-56-54-52-50-48-46-44-42-40-38-36-32-30-28-26-24-22-20-18-16-14-12-10-8-6-4-2/h15,17,21,23,44,46,52,54,60,62,65-66,69-70H,3-14,16,18-20,22,24-43,45,47-51,53,55-59,61,63-64H2,1-2H3,(H,68,71)/b17-15-,23-21-,46-44+,54-52+,62-60+. The van der Waals surface area contributed by atoms with Gasteiger partial charge in [-0.1, -0.05) is 319 Å². The van der Waals surface area contributed by atoms with E-state index in [2.05, 4.69) is 67.8 Å². The predicted octanol–water partition coefficient (Wildman–Crippen LogP) is 21.5. The molecule has 0 radical (unpaired) electrons. The van der Waals surface area contributed by atoms with E-state index in [1.54, 1.807) is 6.08 Å². The lowest BCUT2D eigenvalue weighted by molar-refractivity contribution is -0.123. The zero-order chi connectivity index (χ0) is 51.3. The van der Waals surface area contributed by atoms with Gasteiger partial charge in [-0.25, -0.2) is 0 Å². The van der Waals surface area contributed by atoms with Gasteiger partial charge in [-0.2, -0.15) is 0 Å². The molecular weight excluding hydrogens is 867 g/mol. The average Bonchev–Trinajstić information content (AvgIpc) is 3.37. The van der Waals surface area contributed by atoms with Crippen molar-refractivity contribution in [3.8, 4) is 0 Å². The number of hydrogen-bond acceptors (Lipinski definition) is 3. The molecule has 4 nitrogen and oxygen atoms in total. The second kappa shape index (κ2) is 62.4. The Balaban J connectivity index is 3.51. The van der Waals surface area contributed by atoms with Crippen molar-refractivity contribution >= 4 is 5.91 Å². The summed E-state index contributed by atoms with van der Waals surface area (Å²) in [5, 5.41) is 23.2. The minimum absolute atomic E-state index is 0.0733. The highest BCUT2D eigenvalue weighted by Gasteiger charge is 2.18. The fourth-order valence-electron chi connectivity index (χ4n) is 9.83. The normalized spacial score (nSPS) is 13.1. The number of carbonyl (C=O) groups excluding carboxylic acids is 1. The van der Waals surface area contributed by atoms with Gasteiger partial charge in [-0.05, 0) is 77.0 Å². The van der Waals surface area contributed by atoms with Gasteiger partial charge in [-0.3, -0.25) is 4.79 Å². The van der Waals surface area contributed by atoms with Crippen LogP contribution < -0.4 is 5.32 Å². The smallest absolute Gasteiger partial charge is 0.220 e. The highest BCUT2D eigenvalue weighted by molar-refractivity contribution is 5.76. The fraction of sp³-hybridized carbons (Fsp3) is 0.836. The van der Waals surface area contributed by atoms with Crippen LogP contribution in [0, 0.1) is 0 Å². The second-order valence-electron chi connectivity index (χ2n) is 21.8. The molecule has 1 amide bonds. The molecule has 0 aromatic carbocycles. The number of amides is 1. The summed E-state index contributed by atoms with van der Waals surface area (Å²) in [6.07, 6.45) is 88.5. The van der Waals surface area contributed by atoms with Crippen LogP contribution in [0.3, 0.4) is 0 Å². The number of rotatable bonds is 59. The summed E-state index contributed by atoms with van der Waals surface area (Å²) in [6, 6.07) is -0.648. The number of carbonyl (C=O) groups is 1. The van der Waals surface area contributed by atoms with Crippen molar-refractivity contribution in [2.75, 3.05) is 6.61 Å². The summed E-state index contributed by atoms with van der Waals surface area (Å²) < 4.78 is 0. The molecule has 0 rings (SSSR count). The maximum Gasteiger partial charge on any atom is 0.220 e. The van der Waals surface area contributed by atoms with E-state index in [9.17, 15) is 15.0 Å². The lowest BCUT2D eigenvalue weighted by Gasteiger charge is -2.19. The maximum atomic E-state index is 12.5. The molecule has 71 heavy (non-hydrogen) atoms. The summed E-state index contributed by atoms with van der Waals surface area (Å²) >= 11 is 0. The molecule has 2 atom stereocenters. The van der Waals surface area contributed by atoms with Crippen molar-refractivity contribution in [1.29, 1.82) is 0 Å². The Kier molecular flexibility index (Phi) is 60.7. The van der Waals surface area contributed by atoms with E-state index in [4.69, 9.17) is 0 Å². The second-order valence-corrected chi connectivity index (χ2v) is 21.8. The van der Waals surface area contributed by atoms with Crippen LogP contribution in [0.15, 0.2) is 60.8 Å². The summed E-state index contributed by atoms with van der Waals surface area (Å²) in [4.78, 5) is 12.5. The van der Waals surface area contributed by atoms with Crippen LogP contribution in [0.5, 0.6) is 0 Å². The van der Waals surface area contributed by atoms with Crippen molar-refractivity contribution in [1.82, 2.24) is 5.32 Å². The molecule has 3 N–H and O–H groups in total. The Bertz CT molecular complexity index is 1170. The first kappa shape index (κ1) is 69.1. The monoisotopic (exact) mass is 992 g/mol. The van der Waals surface area contributed by atoms with Crippen LogP contribution >= 0.6 is 0 Å². The Morgan fingerprint density at radius 3 is 0.901 bits per heavy atom. The first-order valence-electron chi connectivity index (χ1n) is 32.0. The van der Waals surface area contributed by atoms with Crippen LogP contribution in [0.4, 0.5) is 0 Å². The van der Waals surface area contributed by atoms with Gasteiger partial charge in [0.1, 0.15) is 0 Å². The molecule has 0 aromatic rings. The number of aliphatic hydroxyl groups excluding tert-OH is 2. The van der Waals surface area contributed by atoms with Crippen LogP contribution in [-0.2, 0) is 4.79 Å². The maximum absolute atomic E-state index is 12.5. The molecule has 0 heterocycles. The van der Waals surface area contributed by atoms with E-state index in [1.165, 1.54) is 276 Å². The van der Waals surface area contributed by atoms with Crippen molar-refractivity contribution in [2.24, 2.45) is 0 Å². The van der Waals surface area contributed by atoms with Crippen LogP contribution in [-0.4, -0.2) is 34.9 Å². The predicted molar refractivity (Wildman–Crippen MR) is 318 cm³/mol. The van der Waals surface area contributed by atoms with Crippen molar-refractivity contribution < 1.29 is 15.0 Å². The van der Waals surface area contributed by atoms with E-state index in [0.717, 1.165) is 44.9 Å². The van der Waals surface area contributed by atoms with E-state index in [0.29, 0.717) is 6.42 Å². The summed E-state index contributed by atoms with van der Waals surface area (Å²) in [7, 11) is 0. The lowest BCUT2D eigenvalue weighted by atomic mass is 10.0. The molecule has 416 valence electrons. The molecule has 0 spiro atoms. The molecule has 0 saturated heterocycles. The van der Waals surface area contributed by atoms with Gasteiger partial charge in [0.15, 0.2) is 0 Å². The molecule has 0 bridgehead atoms. The van der Waals surface area contributed by atoms with Crippen LogP contribution in [0.1, 0.15) is 341 Å². The molecule has 2 unspecified atom stereocenters. The zero-order valence-electron chi connectivity index (χ0n) is 48.0. The van der Waals surface area contributed by atoms with E-state index in [-0.39, 0.29) is 12.5 Å². The first-order chi connectivity index (χ1) is 35.2. The molecule has 0 aliphatic carbocycles. The molecular formula is C67H125NO3. The molecule has 0 aromatic heterocycles. The summed E-state index contributed by atoms with van der Waals surface area (Å²) in [5.74, 6) is -0.0733. The van der Waals surface area contributed by atoms with Crippen molar-refractivity contribution in [2.45, 2.75) is 353 Å². The van der Waals surface area contributed by atoms with Gasteiger partial charge in [0.2, 0.25) is 5.91 Å². The average molecular weight is 993 g/mol. The van der Waals surface area contributed by atoms with Crippen molar-refractivity contribution in [3.63, 3.8) is 0 Å². The number of unbranched alkanes of at least 4 members (excludes halogenated alkanes) is 44. The highest BCUT2D eigenvalue weighted by atomic mass is 16.3. The molecule has 0 fully saturated rings. The Morgan fingerprint density at radius 1 is 0.338 bits per heavy atom. The van der Waals surface area contributed by atoms with Gasteiger partial charge in [0, 0.05) is 6.42 Å². The third-order valence-corrected chi connectivity index (χ3v) is 14.7. The SMILES string of the molecule is CCCCCCC/C=C\C/C=C\CCCCCCCCCCCCCCCCCCCCCC(=O)NC(CO)C(O)/C=C/CC/C=C/CC/C=C/CCCCCCCCCCCCCCCCCCCC. The Labute approximate surface area is 445 Å². The molecule has 0 aliphatic rings. The molecule has 0 saturated carbocycles. The largest absolute Gasteiger partial charge is 0.394 e. The van der Waals surface area contributed by atoms with E-state index < -0.39 is 12.1 Å². The van der Waals surface area contributed by atoms with Gasteiger partial charge >= 0.3 is 0 Å². The number of aliphatic hydroxyl groups is 2. The lowest BCUT2D eigenvalue weighted by Crippen LogP contribution is -2.45. The van der Waals surface area contributed by atoms with Gasteiger partial charge in [0.25, 0.3) is 0 Å². The Morgan fingerprint density at radius 2 is 0.592 bits per heavy atom. The van der Waals surface area contributed by atoms with Crippen molar-refractivity contribution in [3.05, 3.63) is 60.8 Å². The third kappa shape index (κ3) is 58.8. The van der Waals surface area contributed by atoms with Gasteiger partial charge < -0.3 is 15.5 Å².